The standard InChI is InChI=1S/C28H25FN4O2S2/c1-3-13-32-25(31-16-19-9-11-21(29)12-10-19)22(18(2)23(15-30)26(32)34)14-24-27(35)33(28(36)37-24)17-20-7-5-4-6-8-20/h4-12,14,31H,3,13,16-17H2,1-2H3/b24-14+. The van der Waals surface area contributed by atoms with Gasteiger partial charge in [-0.1, -0.05) is 73.4 Å². The van der Waals surface area contributed by atoms with Gasteiger partial charge in [-0.15, -0.1) is 0 Å². The molecule has 37 heavy (non-hydrogen) atoms. The number of hydrogen-bond donors (Lipinski definition) is 1. The number of pyridine rings is 1. The van der Waals surface area contributed by atoms with Gasteiger partial charge in [-0.05, 0) is 48.2 Å². The smallest absolute Gasteiger partial charge is 0.270 e. The van der Waals surface area contributed by atoms with E-state index < -0.39 is 5.56 Å². The van der Waals surface area contributed by atoms with Crippen LogP contribution in [0.25, 0.3) is 6.08 Å². The van der Waals surface area contributed by atoms with Crippen molar-refractivity contribution in [2.24, 2.45) is 0 Å². The van der Waals surface area contributed by atoms with Gasteiger partial charge >= 0.3 is 0 Å². The van der Waals surface area contributed by atoms with Crippen LogP contribution in [0.1, 0.15) is 41.2 Å². The molecule has 0 unspecified atom stereocenters. The minimum absolute atomic E-state index is 0.0341. The number of halogens is 1. The van der Waals surface area contributed by atoms with Crippen LogP contribution < -0.4 is 10.9 Å². The third-order valence-electron chi connectivity index (χ3n) is 6.03. The van der Waals surface area contributed by atoms with Gasteiger partial charge in [0.05, 0.1) is 11.4 Å². The fourth-order valence-corrected chi connectivity index (χ4v) is 5.35. The van der Waals surface area contributed by atoms with Crippen molar-refractivity contribution in [1.82, 2.24) is 9.47 Å². The van der Waals surface area contributed by atoms with Crippen LogP contribution in [0.4, 0.5) is 10.2 Å². The van der Waals surface area contributed by atoms with Crippen molar-refractivity contribution in [2.75, 3.05) is 5.32 Å². The normalized spacial score (nSPS) is 14.3. The number of rotatable bonds is 8. The summed E-state index contributed by atoms with van der Waals surface area (Å²) in [6.45, 7) is 4.71. The Morgan fingerprint density at radius 2 is 1.81 bits per heavy atom. The van der Waals surface area contributed by atoms with E-state index in [0.717, 1.165) is 11.1 Å². The number of thioether (sulfide) groups is 1. The van der Waals surface area contributed by atoms with E-state index in [1.165, 1.54) is 28.5 Å². The molecule has 6 nitrogen and oxygen atoms in total. The lowest BCUT2D eigenvalue weighted by Gasteiger charge is -2.20. The Morgan fingerprint density at radius 1 is 1.11 bits per heavy atom. The first-order valence-electron chi connectivity index (χ1n) is 11.8. The van der Waals surface area contributed by atoms with Gasteiger partial charge in [0.15, 0.2) is 0 Å². The molecule has 1 amide bonds. The van der Waals surface area contributed by atoms with Crippen molar-refractivity contribution in [3.63, 3.8) is 0 Å². The second kappa shape index (κ2) is 11.5. The lowest BCUT2D eigenvalue weighted by molar-refractivity contribution is -0.122. The molecule has 3 aromatic rings. The Balaban J connectivity index is 1.77. The van der Waals surface area contributed by atoms with Crippen LogP contribution in [0.5, 0.6) is 0 Å². The van der Waals surface area contributed by atoms with Gasteiger partial charge in [0.2, 0.25) is 0 Å². The molecule has 0 bridgehead atoms. The number of carbonyl (C=O) groups is 1. The van der Waals surface area contributed by atoms with E-state index in [-0.39, 0.29) is 17.3 Å². The molecule has 1 aromatic heterocycles. The quantitative estimate of drug-likeness (QED) is 0.301. The summed E-state index contributed by atoms with van der Waals surface area (Å²) < 4.78 is 15.4. The van der Waals surface area contributed by atoms with E-state index >= 15 is 0 Å². The van der Waals surface area contributed by atoms with Crippen molar-refractivity contribution in [1.29, 1.82) is 5.26 Å². The van der Waals surface area contributed by atoms with E-state index in [4.69, 9.17) is 12.2 Å². The van der Waals surface area contributed by atoms with E-state index in [1.54, 1.807) is 30.0 Å². The molecule has 0 saturated carbocycles. The number of nitrogens with zero attached hydrogens (tertiary/aromatic N) is 3. The molecule has 1 aliphatic heterocycles. The number of benzene rings is 2. The zero-order valence-corrected chi connectivity index (χ0v) is 22.1. The Kier molecular flexibility index (Phi) is 8.21. The van der Waals surface area contributed by atoms with Crippen LogP contribution in [0, 0.1) is 24.1 Å². The molecule has 2 heterocycles. The maximum atomic E-state index is 13.4. The Hall–Kier alpha value is -3.74. The fourth-order valence-electron chi connectivity index (χ4n) is 4.11. The maximum Gasteiger partial charge on any atom is 0.270 e. The second-order valence-corrected chi connectivity index (χ2v) is 10.2. The highest BCUT2D eigenvalue weighted by Gasteiger charge is 2.33. The van der Waals surface area contributed by atoms with Gasteiger partial charge in [-0.3, -0.25) is 19.1 Å². The number of hydrogen-bond acceptors (Lipinski definition) is 6. The highest BCUT2D eigenvalue weighted by Crippen LogP contribution is 2.36. The van der Waals surface area contributed by atoms with Gasteiger partial charge in [0, 0.05) is 18.7 Å². The van der Waals surface area contributed by atoms with Crippen molar-refractivity contribution >= 4 is 46.1 Å². The lowest BCUT2D eigenvalue weighted by Crippen LogP contribution is -2.28. The zero-order valence-electron chi connectivity index (χ0n) is 20.5. The molecule has 0 spiro atoms. The van der Waals surface area contributed by atoms with Gasteiger partial charge in [-0.2, -0.15) is 5.26 Å². The summed E-state index contributed by atoms with van der Waals surface area (Å²) in [4.78, 5) is 28.5. The SMILES string of the molecule is CCCn1c(NCc2ccc(F)cc2)c(/C=C2/SC(=S)N(Cc3ccccc3)C2=O)c(C)c(C#N)c1=O. The third kappa shape index (κ3) is 5.66. The molecule has 1 saturated heterocycles. The summed E-state index contributed by atoms with van der Waals surface area (Å²) in [7, 11) is 0. The van der Waals surface area contributed by atoms with Gasteiger partial charge in [0.25, 0.3) is 11.5 Å². The molecule has 0 aliphatic carbocycles. The highest BCUT2D eigenvalue weighted by molar-refractivity contribution is 8.26. The van der Waals surface area contributed by atoms with Crippen LogP contribution in [-0.4, -0.2) is 19.7 Å². The maximum absolute atomic E-state index is 13.4. The minimum atomic E-state index is -0.391. The lowest BCUT2D eigenvalue weighted by atomic mass is 10.0. The number of anilines is 1. The van der Waals surface area contributed by atoms with E-state index in [1.807, 2.05) is 43.3 Å². The van der Waals surface area contributed by atoms with Crippen molar-refractivity contribution in [3.05, 3.63) is 103 Å². The number of nitrogens with one attached hydrogen (secondary N) is 1. The van der Waals surface area contributed by atoms with Crippen LogP contribution in [0.15, 0.2) is 64.3 Å². The summed E-state index contributed by atoms with van der Waals surface area (Å²) in [6.07, 6.45) is 2.37. The van der Waals surface area contributed by atoms with Crippen LogP contribution in [0.2, 0.25) is 0 Å². The molecule has 4 rings (SSSR count). The van der Waals surface area contributed by atoms with Gasteiger partial charge in [0.1, 0.15) is 27.6 Å². The summed E-state index contributed by atoms with van der Waals surface area (Å²) >= 11 is 6.71. The van der Waals surface area contributed by atoms with E-state index in [9.17, 15) is 19.2 Å². The summed E-state index contributed by atoms with van der Waals surface area (Å²) in [6, 6.07) is 17.7. The first-order valence-corrected chi connectivity index (χ1v) is 13.0. The van der Waals surface area contributed by atoms with E-state index in [0.29, 0.717) is 52.2 Å². The zero-order chi connectivity index (χ0) is 26.5. The predicted octanol–water partition coefficient (Wildman–Crippen LogP) is 5.59. The van der Waals surface area contributed by atoms with Crippen molar-refractivity contribution in [2.45, 2.75) is 39.9 Å². The Morgan fingerprint density at radius 3 is 2.46 bits per heavy atom. The topological polar surface area (TPSA) is 78.1 Å². The summed E-state index contributed by atoms with van der Waals surface area (Å²) in [5, 5.41) is 13.1. The van der Waals surface area contributed by atoms with Crippen molar-refractivity contribution in [3.8, 4) is 6.07 Å². The molecule has 1 aliphatic rings. The third-order valence-corrected chi connectivity index (χ3v) is 7.41. The predicted molar refractivity (Wildman–Crippen MR) is 149 cm³/mol. The first-order chi connectivity index (χ1) is 17.8. The molecule has 9 heteroatoms. The molecular formula is C28H25FN4O2S2. The number of aromatic nitrogens is 1. The Labute approximate surface area is 224 Å². The fraction of sp³-hybridized carbons (Fsp3) is 0.214. The summed E-state index contributed by atoms with van der Waals surface area (Å²) in [5.41, 5.74) is 2.48. The molecule has 1 N–H and O–H groups in total. The number of thiocarbonyl (C=S) groups is 1. The Bertz CT molecular complexity index is 1480. The molecule has 0 radical (unpaired) electrons. The van der Waals surface area contributed by atoms with Gasteiger partial charge in [-0.25, -0.2) is 4.39 Å². The molecular weight excluding hydrogens is 507 g/mol. The van der Waals surface area contributed by atoms with Crippen LogP contribution >= 0.6 is 24.0 Å². The number of nitriles is 1. The number of amides is 1. The molecule has 0 atom stereocenters. The molecule has 2 aromatic carbocycles. The molecule has 1 fully saturated rings. The first kappa shape index (κ1) is 26.3. The average molecular weight is 533 g/mol. The van der Waals surface area contributed by atoms with Crippen molar-refractivity contribution < 1.29 is 9.18 Å². The molecule has 188 valence electrons. The largest absolute Gasteiger partial charge is 0.367 e. The monoisotopic (exact) mass is 532 g/mol. The number of carbonyl (C=O) groups excluding carboxylic acids is 1. The highest BCUT2D eigenvalue weighted by atomic mass is 32.2. The van der Waals surface area contributed by atoms with Crippen LogP contribution in [0.3, 0.4) is 0 Å². The minimum Gasteiger partial charge on any atom is -0.367 e. The average Bonchev–Trinajstić information content (AvgIpc) is 3.15. The second-order valence-electron chi connectivity index (χ2n) is 8.56. The summed E-state index contributed by atoms with van der Waals surface area (Å²) in [5.74, 6) is -0.0606. The van der Waals surface area contributed by atoms with Crippen LogP contribution in [-0.2, 0) is 24.4 Å². The van der Waals surface area contributed by atoms with E-state index in [2.05, 4.69) is 5.32 Å². The van der Waals surface area contributed by atoms with Gasteiger partial charge < -0.3 is 5.32 Å².